The summed E-state index contributed by atoms with van der Waals surface area (Å²) in [6.45, 7) is 4.30. The van der Waals surface area contributed by atoms with E-state index in [9.17, 15) is 5.11 Å². The van der Waals surface area contributed by atoms with Gasteiger partial charge in [0, 0.05) is 10.6 Å². The molecule has 1 rings (SSSR count). The van der Waals surface area contributed by atoms with E-state index in [4.69, 9.17) is 9.47 Å². The van der Waals surface area contributed by atoms with E-state index in [1.807, 2.05) is 38.1 Å². The van der Waals surface area contributed by atoms with Crippen LogP contribution in [0.1, 0.15) is 13.8 Å². The summed E-state index contributed by atoms with van der Waals surface area (Å²) in [5.41, 5.74) is 0. The largest absolute Gasteiger partial charge is 0.497 e. The Kier molecular flexibility index (Phi) is 6.40. The van der Waals surface area contributed by atoms with E-state index in [1.54, 1.807) is 18.9 Å². The monoisotopic (exact) mass is 256 g/mol. The van der Waals surface area contributed by atoms with Crippen LogP contribution in [0.4, 0.5) is 0 Å². The van der Waals surface area contributed by atoms with Crippen molar-refractivity contribution in [1.82, 2.24) is 0 Å². The third kappa shape index (κ3) is 5.96. The van der Waals surface area contributed by atoms with Gasteiger partial charge in [-0.3, -0.25) is 0 Å². The van der Waals surface area contributed by atoms with Gasteiger partial charge >= 0.3 is 0 Å². The molecule has 0 aliphatic carbocycles. The van der Waals surface area contributed by atoms with E-state index in [2.05, 4.69) is 0 Å². The third-order valence-electron chi connectivity index (χ3n) is 2.11. The molecule has 1 aromatic rings. The summed E-state index contributed by atoms with van der Waals surface area (Å²) in [4.78, 5) is 1.09. The second-order valence-electron chi connectivity index (χ2n) is 4.03. The lowest BCUT2D eigenvalue weighted by Crippen LogP contribution is -2.20. The molecule has 0 saturated carbocycles. The quantitative estimate of drug-likeness (QED) is 0.761. The summed E-state index contributed by atoms with van der Waals surface area (Å²) < 4.78 is 10.5. The number of rotatable bonds is 7. The van der Waals surface area contributed by atoms with Crippen molar-refractivity contribution in [3.05, 3.63) is 24.3 Å². The Morgan fingerprint density at radius 3 is 2.76 bits per heavy atom. The maximum absolute atomic E-state index is 9.71. The number of aliphatic hydroxyl groups excluding tert-OH is 1. The van der Waals surface area contributed by atoms with Crippen LogP contribution in [0.3, 0.4) is 0 Å². The average molecular weight is 256 g/mol. The van der Waals surface area contributed by atoms with Crippen LogP contribution in [-0.4, -0.2) is 36.8 Å². The minimum atomic E-state index is -0.436. The number of hydrogen-bond acceptors (Lipinski definition) is 4. The molecule has 1 N–H and O–H groups in total. The Morgan fingerprint density at radius 1 is 1.35 bits per heavy atom. The lowest BCUT2D eigenvalue weighted by Gasteiger charge is -2.13. The van der Waals surface area contributed by atoms with Gasteiger partial charge < -0.3 is 14.6 Å². The molecular weight excluding hydrogens is 236 g/mol. The molecule has 17 heavy (non-hydrogen) atoms. The fourth-order valence-corrected chi connectivity index (χ4v) is 2.09. The molecule has 0 bridgehead atoms. The van der Waals surface area contributed by atoms with E-state index in [1.165, 1.54) is 0 Å². The number of thioether (sulfide) groups is 1. The molecule has 0 spiro atoms. The van der Waals surface area contributed by atoms with E-state index in [0.717, 1.165) is 10.6 Å². The van der Waals surface area contributed by atoms with Crippen LogP contribution in [0.15, 0.2) is 29.2 Å². The van der Waals surface area contributed by atoms with E-state index >= 15 is 0 Å². The molecule has 0 fully saturated rings. The topological polar surface area (TPSA) is 38.7 Å². The molecule has 0 aromatic heterocycles. The van der Waals surface area contributed by atoms with Crippen LogP contribution in [0.5, 0.6) is 5.75 Å². The van der Waals surface area contributed by atoms with Gasteiger partial charge in [0.1, 0.15) is 5.75 Å². The number of methoxy groups -OCH3 is 1. The molecule has 0 saturated heterocycles. The van der Waals surface area contributed by atoms with Crippen molar-refractivity contribution in [3.63, 3.8) is 0 Å². The molecule has 0 heterocycles. The smallest absolute Gasteiger partial charge is 0.119 e. The first-order chi connectivity index (χ1) is 8.11. The Labute approximate surface area is 107 Å². The van der Waals surface area contributed by atoms with Crippen LogP contribution in [0.25, 0.3) is 0 Å². The molecule has 0 aliphatic heterocycles. The first kappa shape index (κ1) is 14.4. The van der Waals surface area contributed by atoms with Crippen LogP contribution in [-0.2, 0) is 4.74 Å². The zero-order valence-electron chi connectivity index (χ0n) is 10.6. The van der Waals surface area contributed by atoms with Crippen molar-refractivity contribution in [2.75, 3.05) is 19.5 Å². The third-order valence-corrected chi connectivity index (χ3v) is 3.24. The minimum Gasteiger partial charge on any atom is -0.497 e. The predicted octanol–water partition coefficient (Wildman–Crippen LogP) is 2.57. The second kappa shape index (κ2) is 7.58. The molecule has 1 atom stereocenters. The first-order valence-electron chi connectivity index (χ1n) is 5.68. The van der Waals surface area contributed by atoms with Crippen LogP contribution >= 0.6 is 11.8 Å². The van der Waals surface area contributed by atoms with E-state index in [-0.39, 0.29) is 6.10 Å². The number of hydrogen-bond donors (Lipinski definition) is 1. The summed E-state index contributed by atoms with van der Waals surface area (Å²) in [6, 6.07) is 7.81. The molecule has 0 amide bonds. The zero-order valence-corrected chi connectivity index (χ0v) is 11.4. The molecule has 1 unspecified atom stereocenters. The molecule has 4 heteroatoms. The number of aliphatic hydroxyl groups is 1. The number of ether oxygens (including phenoxy) is 2. The molecule has 3 nitrogen and oxygen atoms in total. The van der Waals surface area contributed by atoms with Gasteiger partial charge in [-0.25, -0.2) is 0 Å². The molecular formula is C13H20O3S. The highest BCUT2D eigenvalue weighted by Crippen LogP contribution is 2.23. The number of benzene rings is 1. The Balaban J connectivity index is 2.33. The highest BCUT2D eigenvalue weighted by atomic mass is 32.2. The van der Waals surface area contributed by atoms with Gasteiger partial charge in [-0.15, -0.1) is 11.8 Å². The van der Waals surface area contributed by atoms with Crippen molar-refractivity contribution in [2.24, 2.45) is 0 Å². The van der Waals surface area contributed by atoms with Gasteiger partial charge in [0.2, 0.25) is 0 Å². The van der Waals surface area contributed by atoms with Crippen molar-refractivity contribution < 1.29 is 14.6 Å². The Bertz CT molecular complexity index is 328. The predicted molar refractivity (Wildman–Crippen MR) is 70.8 cm³/mol. The van der Waals surface area contributed by atoms with E-state index < -0.39 is 6.10 Å². The summed E-state index contributed by atoms with van der Waals surface area (Å²) in [5.74, 6) is 1.46. The van der Waals surface area contributed by atoms with E-state index in [0.29, 0.717) is 12.4 Å². The highest BCUT2D eigenvalue weighted by Gasteiger charge is 2.07. The molecule has 0 aliphatic rings. The average Bonchev–Trinajstić information content (AvgIpc) is 2.34. The maximum atomic E-state index is 9.71. The van der Waals surface area contributed by atoms with Crippen molar-refractivity contribution >= 4 is 11.8 Å². The summed E-state index contributed by atoms with van der Waals surface area (Å²) in [5, 5.41) is 9.71. The van der Waals surface area contributed by atoms with Gasteiger partial charge in [0.25, 0.3) is 0 Å². The summed E-state index contributed by atoms with van der Waals surface area (Å²) >= 11 is 1.60. The summed E-state index contributed by atoms with van der Waals surface area (Å²) in [7, 11) is 1.65. The van der Waals surface area contributed by atoms with Gasteiger partial charge in [-0.1, -0.05) is 6.07 Å². The molecule has 1 aromatic carbocycles. The normalized spacial score (nSPS) is 12.8. The van der Waals surface area contributed by atoms with Gasteiger partial charge in [-0.2, -0.15) is 0 Å². The maximum Gasteiger partial charge on any atom is 0.119 e. The SMILES string of the molecule is COc1cccc(SCC(O)COC(C)C)c1. The second-order valence-corrected chi connectivity index (χ2v) is 5.12. The Hall–Kier alpha value is -0.710. The molecule has 0 radical (unpaired) electrons. The van der Waals surface area contributed by atoms with Crippen molar-refractivity contribution in [2.45, 2.75) is 31.0 Å². The fourth-order valence-electron chi connectivity index (χ4n) is 1.24. The standard InChI is InChI=1S/C13H20O3S/c1-10(2)16-8-11(14)9-17-13-6-4-5-12(7-13)15-3/h4-7,10-11,14H,8-9H2,1-3H3. The minimum absolute atomic E-state index is 0.159. The van der Waals surface area contributed by atoms with Gasteiger partial charge in [-0.05, 0) is 32.0 Å². The van der Waals surface area contributed by atoms with Crippen molar-refractivity contribution in [1.29, 1.82) is 0 Å². The van der Waals surface area contributed by atoms with Gasteiger partial charge in [0.15, 0.2) is 0 Å². The zero-order chi connectivity index (χ0) is 12.7. The first-order valence-corrected chi connectivity index (χ1v) is 6.67. The highest BCUT2D eigenvalue weighted by molar-refractivity contribution is 7.99. The van der Waals surface area contributed by atoms with Gasteiger partial charge in [0.05, 0.1) is 25.9 Å². The Morgan fingerprint density at radius 2 is 2.12 bits per heavy atom. The lowest BCUT2D eigenvalue weighted by atomic mass is 10.3. The van der Waals surface area contributed by atoms with Crippen LogP contribution in [0.2, 0.25) is 0 Å². The van der Waals surface area contributed by atoms with Crippen LogP contribution < -0.4 is 4.74 Å². The summed E-state index contributed by atoms with van der Waals surface area (Å²) in [6.07, 6.45) is -0.278. The fraction of sp³-hybridized carbons (Fsp3) is 0.538. The molecule has 96 valence electrons. The van der Waals surface area contributed by atoms with Crippen LogP contribution in [0, 0.1) is 0 Å². The lowest BCUT2D eigenvalue weighted by molar-refractivity contribution is 0.0152. The van der Waals surface area contributed by atoms with Crippen molar-refractivity contribution in [3.8, 4) is 5.75 Å².